The van der Waals surface area contributed by atoms with Crippen LogP contribution in [-0.4, -0.2) is 22.5 Å². The smallest absolute Gasteiger partial charge is 0.175 e. The lowest BCUT2D eigenvalue weighted by atomic mass is 10.0. The van der Waals surface area contributed by atoms with Gasteiger partial charge in [0.05, 0.1) is 0 Å². The van der Waals surface area contributed by atoms with Gasteiger partial charge in [-0.05, 0) is 6.42 Å². The first-order valence-electron chi connectivity index (χ1n) is 7.27. The summed E-state index contributed by atoms with van der Waals surface area (Å²) in [5, 5.41) is 18.6. The van der Waals surface area contributed by atoms with Gasteiger partial charge in [-0.15, -0.1) is 0 Å². The molecule has 104 valence electrons. The van der Waals surface area contributed by atoms with Crippen molar-refractivity contribution in [3.63, 3.8) is 0 Å². The van der Waals surface area contributed by atoms with Crippen LogP contribution in [0.15, 0.2) is 0 Å². The molecule has 0 bridgehead atoms. The first-order valence-corrected chi connectivity index (χ1v) is 7.27. The zero-order chi connectivity index (χ0) is 13.0. The summed E-state index contributed by atoms with van der Waals surface area (Å²) in [6.45, 7) is 2.17. The third-order valence-electron chi connectivity index (χ3n) is 3.26. The van der Waals surface area contributed by atoms with Gasteiger partial charge in [-0.2, -0.15) is 0 Å². The minimum atomic E-state index is -1.64. The molecule has 0 spiro atoms. The van der Waals surface area contributed by atoms with E-state index in [4.69, 9.17) is 5.73 Å². The summed E-state index contributed by atoms with van der Waals surface area (Å²) in [4.78, 5) is 0. The van der Waals surface area contributed by atoms with E-state index in [1.165, 1.54) is 51.4 Å². The molecular formula is C14H31NO2. The van der Waals surface area contributed by atoms with E-state index in [1.54, 1.807) is 0 Å². The van der Waals surface area contributed by atoms with Gasteiger partial charge in [0.15, 0.2) is 5.79 Å². The van der Waals surface area contributed by atoms with Crippen molar-refractivity contribution >= 4 is 0 Å². The molecule has 17 heavy (non-hydrogen) atoms. The van der Waals surface area contributed by atoms with Crippen LogP contribution in [-0.2, 0) is 0 Å². The summed E-state index contributed by atoms with van der Waals surface area (Å²) in [6, 6.07) is 0. The Labute approximate surface area is 106 Å². The second-order valence-electron chi connectivity index (χ2n) is 5.12. The minimum absolute atomic E-state index is 0.0651. The maximum absolute atomic E-state index is 9.28. The Morgan fingerprint density at radius 3 is 1.59 bits per heavy atom. The van der Waals surface area contributed by atoms with Crippen molar-refractivity contribution < 1.29 is 10.2 Å². The van der Waals surface area contributed by atoms with Gasteiger partial charge in [0.25, 0.3) is 0 Å². The Hall–Kier alpha value is -0.120. The molecular weight excluding hydrogens is 214 g/mol. The quantitative estimate of drug-likeness (QED) is 0.366. The molecule has 0 heterocycles. The van der Waals surface area contributed by atoms with Crippen LogP contribution in [0.25, 0.3) is 0 Å². The topological polar surface area (TPSA) is 66.5 Å². The number of unbranched alkanes of at least 4 members (excludes halogenated alkanes) is 9. The molecule has 4 N–H and O–H groups in total. The van der Waals surface area contributed by atoms with Gasteiger partial charge in [0, 0.05) is 13.0 Å². The molecule has 3 nitrogen and oxygen atoms in total. The Morgan fingerprint density at radius 2 is 1.18 bits per heavy atom. The highest BCUT2D eigenvalue weighted by molar-refractivity contribution is 4.64. The molecule has 0 aliphatic heterocycles. The van der Waals surface area contributed by atoms with Gasteiger partial charge < -0.3 is 15.9 Å². The first-order chi connectivity index (χ1) is 8.12. The predicted molar refractivity (Wildman–Crippen MR) is 72.7 cm³/mol. The Balaban J connectivity index is 3.09. The average Bonchev–Trinajstić information content (AvgIpc) is 2.31. The fourth-order valence-corrected chi connectivity index (χ4v) is 2.00. The van der Waals surface area contributed by atoms with Crippen molar-refractivity contribution in [2.45, 2.75) is 83.3 Å². The second kappa shape index (κ2) is 11.0. The average molecular weight is 245 g/mol. The van der Waals surface area contributed by atoms with Crippen LogP contribution < -0.4 is 5.73 Å². The van der Waals surface area contributed by atoms with Crippen LogP contribution >= 0.6 is 0 Å². The van der Waals surface area contributed by atoms with E-state index in [2.05, 4.69) is 6.92 Å². The maximum Gasteiger partial charge on any atom is 0.175 e. The van der Waals surface area contributed by atoms with E-state index in [1.807, 2.05) is 0 Å². The molecule has 0 aromatic rings. The molecule has 3 heteroatoms. The van der Waals surface area contributed by atoms with E-state index in [-0.39, 0.29) is 6.54 Å². The molecule has 0 radical (unpaired) electrons. The van der Waals surface area contributed by atoms with E-state index >= 15 is 0 Å². The van der Waals surface area contributed by atoms with Crippen LogP contribution in [0.2, 0.25) is 0 Å². The van der Waals surface area contributed by atoms with Crippen molar-refractivity contribution in [2.24, 2.45) is 5.73 Å². The van der Waals surface area contributed by atoms with E-state index in [0.717, 1.165) is 12.8 Å². The molecule has 0 saturated carbocycles. The Bertz CT molecular complexity index is 160. The van der Waals surface area contributed by atoms with Gasteiger partial charge in [0.1, 0.15) is 0 Å². The lowest BCUT2D eigenvalue weighted by Crippen LogP contribution is -2.37. The maximum atomic E-state index is 9.28. The molecule has 0 aromatic carbocycles. The zero-order valence-electron chi connectivity index (χ0n) is 11.5. The molecule has 0 unspecified atom stereocenters. The van der Waals surface area contributed by atoms with Gasteiger partial charge in [-0.3, -0.25) is 0 Å². The first kappa shape index (κ1) is 16.9. The van der Waals surface area contributed by atoms with E-state index < -0.39 is 5.79 Å². The van der Waals surface area contributed by atoms with Crippen LogP contribution in [0.5, 0.6) is 0 Å². The fraction of sp³-hybridized carbons (Fsp3) is 1.00. The minimum Gasteiger partial charge on any atom is -0.365 e. The van der Waals surface area contributed by atoms with Gasteiger partial charge >= 0.3 is 0 Å². The molecule has 0 amide bonds. The molecule has 0 atom stereocenters. The number of hydrogen-bond donors (Lipinski definition) is 3. The van der Waals surface area contributed by atoms with Crippen molar-refractivity contribution in [2.75, 3.05) is 6.54 Å². The number of aliphatic hydroxyl groups is 2. The molecule has 0 saturated heterocycles. The third-order valence-corrected chi connectivity index (χ3v) is 3.26. The van der Waals surface area contributed by atoms with Crippen LogP contribution in [0.3, 0.4) is 0 Å². The van der Waals surface area contributed by atoms with Crippen LogP contribution in [0.1, 0.15) is 77.6 Å². The van der Waals surface area contributed by atoms with Crippen molar-refractivity contribution in [3.8, 4) is 0 Å². The van der Waals surface area contributed by atoms with Crippen LogP contribution in [0.4, 0.5) is 0 Å². The van der Waals surface area contributed by atoms with Crippen molar-refractivity contribution in [1.29, 1.82) is 0 Å². The summed E-state index contributed by atoms with van der Waals surface area (Å²) in [5.41, 5.74) is 5.23. The van der Waals surface area contributed by atoms with Crippen LogP contribution in [0, 0.1) is 0 Å². The van der Waals surface area contributed by atoms with Gasteiger partial charge in [0.2, 0.25) is 0 Å². The summed E-state index contributed by atoms with van der Waals surface area (Å²) in [7, 11) is 0. The molecule has 0 aliphatic rings. The summed E-state index contributed by atoms with van der Waals surface area (Å²) < 4.78 is 0. The monoisotopic (exact) mass is 245 g/mol. The number of nitrogens with two attached hydrogens (primary N) is 1. The lowest BCUT2D eigenvalue weighted by Gasteiger charge is -2.18. The van der Waals surface area contributed by atoms with Gasteiger partial charge in [-0.25, -0.2) is 0 Å². The summed E-state index contributed by atoms with van der Waals surface area (Å²) in [5.74, 6) is -1.64. The zero-order valence-corrected chi connectivity index (χ0v) is 11.5. The molecule has 0 aromatic heterocycles. The summed E-state index contributed by atoms with van der Waals surface area (Å²) >= 11 is 0. The molecule has 0 fully saturated rings. The SMILES string of the molecule is CCCCCCCCCCCCC(O)(O)CN. The normalized spacial score (nSPS) is 12.0. The van der Waals surface area contributed by atoms with E-state index in [9.17, 15) is 10.2 Å². The Kier molecular flexibility index (Phi) is 10.9. The number of rotatable bonds is 12. The molecule has 0 aliphatic carbocycles. The van der Waals surface area contributed by atoms with Crippen molar-refractivity contribution in [1.82, 2.24) is 0 Å². The standard InChI is InChI=1S/C14H31NO2/c1-2-3-4-5-6-7-8-9-10-11-12-14(16,17)13-15/h16-17H,2-13,15H2,1H3. The second-order valence-corrected chi connectivity index (χ2v) is 5.12. The van der Waals surface area contributed by atoms with E-state index in [0.29, 0.717) is 6.42 Å². The predicted octanol–water partition coefficient (Wildman–Crippen LogP) is 2.94. The lowest BCUT2D eigenvalue weighted by molar-refractivity contribution is -0.157. The van der Waals surface area contributed by atoms with Gasteiger partial charge in [-0.1, -0.05) is 64.7 Å². The third kappa shape index (κ3) is 12.1. The fourth-order valence-electron chi connectivity index (χ4n) is 2.00. The molecule has 0 rings (SSSR count). The highest BCUT2D eigenvalue weighted by Gasteiger charge is 2.18. The van der Waals surface area contributed by atoms with Crippen molar-refractivity contribution in [3.05, 3.63) is 0 Å². The Morgan fingerprint density at radius 1 is 0.765 bits per heavy atom. The highest BCUT2D eigenvalue weighted by atomic mass is 16.5. The summed E-state index contributed by atoms with van der Waals surface area (Å²) in [6.07, 6.45) is 12.9. The highest BCUT2D eigenvalue weighted by Crippen LogP contribution is 2.14. The largest absolute Gasteiger partial charge is 0.365 e. The number of hydrogen-bond acceptors (Lipinski definition) is 3.